The summed E-state index contributed by atoms with van der Waals surface area (Å²) in [5.41, 5.74) is 0. The maximum absolute atomic E-state index is 13.1. The van der Waals surface area contributed by atoms with Gasteiger partial charge in [0.05, 0.1) is 78.8 Å². The average Bonchev–Trinajstić information content (AvgIpc) is 3.01. The quantitative estimate of drug-likeness (QED) is 0.156. The van der Waals surface area contributed by atoms with Crippen molar-refractivity contribution in [2.45, 2.75) is 38.2 Å². The van der Waals surface area contributed by atoms with E-state index in [1.807, 2.05) is 4.90 Å². The van der Waals surface area contributed by atoms with Crippen molar-refractivity contribution in [2.24, 2.45) is 0 Å². The minimum atomic E-state index is -0.204. The average molecular weight is 615 g/mol. The Morgan fingerprint density at radius 3 is 1.60 bits per heavy atom. The van der Waals surface area contributed by atoms with E-state index in [0.717, 1.165) is 25.7 Å². The van der Waals surface area contributed by atoms with E-state index >= 15 is 0 Å². The second-order valence-corrected chi connectivity index (χ2v) is 9.76. The molecule has 0 aliphatic carbocycles. The van der Waals surface area contributed by atoms with Crippen molar-refractivity contribution in [1.29, 1.82) is 0 Å². The van der Waals surface area contributed by atoms with E-state index in [0.29, 0.717) is 118 Å². The van der Waals surface area contributed by atoms with Crippen molar-refractivity contribution >= 4 is 17.7 Å². The molecule has 3 amide bonds. The molecule has 0 saturated carbocycles. The number of hydrogen-bond donors (Lipinski definition) is 3. The lowest BCUT2D eigenvalue weighted by molar-refractivity contribution is -0.131. The normalized spacial score (nSPS) is 18.0. The van der Waals surface area contributed by atoms with Crippen LogP contribution in [0.25, 0.3) is 0 Å². The van der Waals surface area contributed by atoms with Gasteiger partial charge in [0.1, 0.15) is 0 Å². The van der Waals surface area contributed by atoms with Crippen molar-refractivity contribution < 1.29 is 42.8 Å². The van der Waals surface area contributed by atoms with Gasteiger partial charge in [0.25, 0.3) is 0 Å². The molecule has 43 heavy (non-hydrogen) atoms. The van der Waals surface area contributed by atoms with Crippen LogP contribution in [0.3, 0.4) is 0 Å². The molecule has 0 radical (unpaired) electrons. The highest BCUT2D eigenvalue weighted by Crippen LogP contribution is 2.03. The van der Waals surface area contributed by atoms with Gasteiger partial charge in [0.2, 0.25) is 17.7 Å². The summed E-state index contributed by atoms with van der Waals surface area (Å²) in [5, 5.41) is 8.84. The lowest BCUT2D eigenvalue weighted by atomic mass is 10.2. The monoisotopic (exact) mass is 614 g/mol. The Labute approximate surface area is 257 Å². The van der Waals surface area contributed by atoms with Crippen LogP contribution < -0.4 is 16.0 Å². The molecule has 1 aliphatic heterocycles. The van der Waals surface area contributed by atoms with Gasteiger partial charge in [0, 0.05) is 45.7 Å². The number of hydrogen-bond acceptors (Lipinski definition) is 10. The molecule has 1 unspecified atom stereocenters. The molecule has 0 bridgehead atoms. The molecule has 248 valence electrons. The standard InChI is InChI=1S/C30H54N4O9/c1-3-28(35)32-10-5-7-13-34(14-8-6-11-33-29(36)4-2)30(37)9-12-31-25-27-26-42-22-21-40-18-17-38-15-16-39-19-20-41-23-24-43-27/h3-4,27,31H,1-2,5-26H2,(H,32,35)(H,33,36). The van der Waals surface area contributed by atoms with E-state index in [9.17, 15) is 14.4 Å². The number of ether oxygens (including phenoxy) is 6. The highest BCUT2D eigenvalue weighted by Gasteiger charge is 2.14. The Morgan fingerprint density at radius 1 is 0.651 bits per heavy atom. The van der Waals surface area contributed by atoms with E-state index in [4.69, 9.17) is 28.4 Å². The first-order valence-electron chi connectivity index (χ1n) is 15.4. The molecule has 1 rings (SSSR count). The molecule has 1 fully saturated rings. The fourth-order valence-corrected chi connectivity index (χ4v) is 3.93. The van der Waals surface area contributed by atoms with Gasteiger partial charge in [0.15, 0.2) is 0 Å². The fraction of sp³-hybridized carbons (Fsp3) is 0.767. The maximum Gasteiger partial charge on any atom is 0.243 e. The molecule has 1 heterocycles. The summed E-state index contributed by atoms with van der Waals surface area (Å²) in [6, 6.07) is 0. The van der Waals surface area contributed by atoms with E-state index in [2.05, 4.69) is 29.1 Å². The van der Waals surface area contributed by atoms with Crippen molar-refractivity contribution in [2.75, 3.05) is 112 Å². The van der Waals surface area contributed by atoms with E-state index < -0.39 is 0 Å². The van der Waals surface area contributed by atoms with Crippen LogP contribution in [0.15, 0.2) is 25.3 Å². The largest absolute Gasteiger partial charge is 0.377 e. The van der Waals surface area contributed by atoms with Crippen LogP contribution in [-0.2, 0) is 42.8 Å². The topological polar surface area (TPSA) is 146 Å². The fourth-order valence-electron chi connectivity index (χ4n) is 3.93. The minimum absolute atomic E-state index is 0.0522. The van der Waals surface area contributed by atoms with Crippen LogP contribution in [0.4, 0.5) is 0 Å². The Morgan fingerprint density at radius 2 is 1.12 bits per heavy atom. The summed E-state index contributed by atoms with van der Waals surface area (Å²) in [6.45, 7) is 15.4. The van der Waals surface area contributed by atoms with Gasteiger partial charge in [-0.25, -0.2) is 0 Å². The van der Waals surface area contributed by atoms with Crippen LogP contribution in [0.2, 0.25) is 0 Å². The van der Waals surface area contributed by atoms with E-state index in [1.165, 1.54) is 12.2 Å². The SMILES string of the molecule is C=CC(=O)NCCCCN(CCCCNC(=O)C=C)C(=O)CCNCC1COCCOCCOCCOCCOCCO1. The van der Waals surface area contributed by atoms with Crippen LogP contribution in [0.1, 0.15) is 32.1 Å². The second kappa shape index (κ2) is 28.4. The Kier molecular flexibility index (Phi) is 25.5. The van der Waals surface area contributed by atoms with Crippen LogP contribution >= 0.6 is 0 Å². The molecule has 0 aromatic rings. The van der Waals surface area contributed by atoms with Crippen molar-refractivity contribution in [3.8, 4) is 0 Å². The molecule has 1 atom stereocenters. The van der Waals surface area contributed by atoms with Crippen LogP contribution in [0.5, 0.6) is 0 Å². The summed E-state index contributed by atoms with van der Waals surface area (Å²) in [4.78, 5) is 37.6. The number of carbonyl (C=O) groups excluding carboxylic acids is 3. The number of unbranched alkanes of at least 4 members (excludes halogenated alkanes) is 2. The van der Waals surface area contributed by atoms with Gasteiger partial charge in [-0.2, -0.15) is 0 Å². The molecule has 1 saturated heterocycles. The third kappa shape index (κ3) is 23.7. The number of nitrogens with zero attached hydrogens (tertiary/aromatic N) is 1. The third-order valence-corrected chi connectivity index (χ3v) is 6.29. The third-order valence-electron chi connectivity index (χ3n) is 6.29. The van der Waals surface area contributed by atoms with E-state index in [-0.39, 0.29) is 23.8 Å². The van der Waals surface area contributed by atoms with E-state index in [1.54, 1.807) is 0 Å². The van der Waals surface area contributed by atoms with Crippen LogP contribution in [0, 0.1) is 0 Å². The van der Waals surface area contributed by atoms with Crippen molar-refractivity contribution in [1.82, 2.24) is 20.9 Å². The molecular weight excluding hydrogens is 560 g/mol. The Balaban J connectivity index is 2.45. The summed E-state index contributed by atoms with van der Waals surface area (Å²) < 4.78 is 33.7. The van der Waals surface area contributed by atoms with Crippen molar-refractivity contribution in [3.63, 3.8) is 0 Å². The summed E-state index contributed by atoms with van der Waals surface area (Å²) in [5.74, 6) is -0.356. The molecular formula is C30H54N4O9. The maximum atomic E-state index is 13.1. The predicted molar refractivity (Wildman–Crippen MR) is 163 cm³/mol. The first-order chi connectivity index (χ1) is 21.1. The molecule has 0 aromatic carbocycles. The number of nitrogens with one attached hydrogen (secondary N) is 3. The van der Waals surface area contributed by atoms with Gasteiger partial charge in [-0.05, 0) is 37.8 Å². The van der Waals surface area contributed by atoms with Crippen molar-refractivity contribution in [3.05, 3.63) is 25.3 Å². The molecule has 13 heteroatoms. The molecule has 0 aromatic heterocycles. The summed E-state index contributed by atoms with van der Waals surface area (Å²) in [6.07, 6.45) is 5.67. The zero-order chi connectivity index (χ0) is 31.2. The van der Waals surface area contributed by atoms with Gasteiger partial charge < -0.3 is 49.3 Å². The summed E-state index contributed by atoms with van der Waals surface area (Å²) >= 11 is 0. The smallest absolute Gasteiger partial charge is 0.243 e. The first kappa shape index (κ1) is 38.6. The zero-order valence-electron chi connectivity index (χ0n) is 25.8. The Hall–Kier alpha value is -2.39. The number of amides is 3. The van der Waals surface area contributed by atoms with Gasteiger partial charge in [-0.1, -0.05) is 13.2 Å². The minimum Gasteiger partial charge on any atom is -0.377 e. The number of carbonyl (C=O) groups is 3. The lowest BCUT2D eigenvalue weighted by Gasteiger charge is -2.24. The number of rotatable bonds is 17. The van der Waals surface area contributed by atoms with Gasteiger partial charge in [-0.3, -0.25) is 14.4 Å². The van der Waals surface area contributed by atoms with Gasteiger partial charge >= 0.3 is 0 Å². The molecule has 13 nitrogen and oxygen atoms in total. The van der Waals surface area contributed by atoms with Crippen LogP contribution in [-0.4, -0.2) is 141 Å². The highest BCUT2D eigenvalue weighted by atomic mass is 16.6. The zero-order valence-corrected chi connectivity index (χ0v) is 25.8. The molecule has 0 spiro atoms. The lowest BCUT2D eigenvalue weighted by Crippen LogP contribution is -2.38. The molecule has 1 aliphatic rings. The second-order valence-electron chi connectivity index (χ2n) is 9.76. The highest BCUT2D eigenvalue weighted by molar-refractivity contribution is 5.87. The predicted octanol–water partition coefficient (Wildman–Crippen LogP) is 0.441. The summed E-state index contributed by atoms with van der Waals surface area (Å²) in [7, 11) is 0. The Bertz CT molecular complexity index is 709. The van der Waals surface area contributed by atoms with Gasteiger partial charge in [-0.15, -0.1) is 0 Å². The first-order valence-corrected chi connectivity index (χ1v) is 15.4. The molecule has 3 N–H and O–H groups in total.